The van der Waals surface area contributed by atoms with Crippen molar-refractivity contribution in [3.63, 3.8) is 0 Å². The first-order chi connectivity index (χ1) is 1.73. The number of nitrogens with two attached hydrogens (primary N) is 1. The Morgan fingerprint density at radius 1 is 2.00 bits per heavy atom. The standard InChI is InChI=1S/FH2NOS/c1-4(2)3/h2H2. The predicted molar refractivity (Wildman–Crippen MR) is 13.4 cm³/mol. The van der Waals surface area contributed by atoms with Crippen molar-refractivity contribution in [2.45, 2.75) is 0 Å². The molecule has 0 fully saturated rings. The highest BCUT2D eigenvalue weighted by Gasteiger charge is 1.65. The average molecular weight is 83.1 g/mol. The van der Waals surface area contributed by atoms with Crippen LogP contribution in [0.3, 0.4) is 0 Å². The van der Waals surface area contributed by atoms with E-state index in [1.807, 2.05) is 0 Å². The lowest BCUT2D eigenvalue weighted by Gasteiger charge is -1.55. The molecule has 0 aliphatic rings. The maximum atomic E-state index is 10.2. The van der Waals surface area contributed by atoms with E-state index in [0.717, 1.165) is 0 Å². The van der Waals surface area contributed by atoms with Gasteiger partial charge >= 0.3 is 0 Å². The van der Waals surface area contributed by atoms with Crippen molar-refractivity contribution in [1.82, 2.24) is 0 Å². The molecule has 26 valence electrons. The van der Waals surface area contributed by atoms with E-state index < -0.39 is 11.4 Å². The summed E-state index contributed by atoms with van der Waals surface area (Å²) in [5.74, 6) is 0. The summed E-state index contributed by atoms with van der Waals surface area (Å²) in [5.41, 5.74) is 0. The summed E-state index contributed by atoms with van der Waals surface area (Å²) in [5, 5.41) is 3.92. The molecule has 0 amide bonds. The topological polar surface area (TPSA) is 43.1 Å². The minimum Gasteiger partial charge on any atom is -0.224 e. The molecule has 2 nitrogen and oxygen atoms in total. The second-order valence-corrected chi connectivity index (χ2v) is 0.745. The van der Waals surface area contributed by atoms with E-state index in [1.54, 1.807) is 0 Å². The van der Waals surface area contributed by atoms with E-state index in [1.165, 1.54) is 0 Å². The minimum absolute atomic E-state index is 2.61. The predicted octanol–water partition coefficient (Wildman–Crippen LogP) is -0.507. The number of rotatable bonds is 0. The summed E-state index contributed by atoms with van der Waals surface area (Å²) in [6, 6.07) is 0. The van der Waals surface area contributed by atoms with Gasteiger partial charge in [0.1, 0.15) is 0 Å². The largest absolute Gasteiger partial charge is 0.271 e. The first kappa shape index (κ1) is 4.04. The Bertz CT molecular complexity index is 31.0. The zero-order valence-electron chi connectivity index (χ0n) is 1.77. The lowest BCUT2D eigenvalue weighted by Crippen LogP contribution is -1.89. The smallest absolute Gasteiger partial charge is 0.224 e. The Labute approximate surface area is 25.7 Å². The van der Waals surface area contributed by atoms with Gasteiger partial charge in [0.15, 0.2) is 0 Å². The molecular formula is H2FNOS. The lowest BCUT2D eigenvalue weighted by molar-refractivity contribution is 0.651. The molecule has 2 N–H and O–H groups in total. The summed E-state index contributed by atoms with van der Waals surface area (Å²) in [4.78, 5) is 0. The Kier molecular flexibility index (Phi) is 1.38. The van der Waals surface area contributed by atoms with Crippen LogP contribution in [0.2, 0.25) is 0 Å². The van der Waals surface area contributed by atoms with Crippen LogP contribution >= 0.6 is 0 Å². The highest BCUT2D eigenvalue weighted by molar-refractivity contribution is 7.77. The highest BCUT2D eigenvalue weighted by Crippen LogP contribution is 1.54. The van der Waals surface area contributed by atoms with Gasteiger partial charge in [-0.3, -0.25) is 0 Å². The molecule has 0 spiro atoms. The van der Waals surface area contributed by atoms with Gasteiger partial charge in [0.2, 0.25) is 0 Å². The first-order valence-electron chi connectivity index (χ1n) is 0.557. The molecule has 1 atom stereocenters. The van der Waals surface area contributed by atoms with Crippen molar-refractivity contribution in [3.8, 4) is 0 Å². The fraction of sp³-hybridized carbons (Fsp3) is 0. The van der Waals surface area contributed by atoms with Gasteiger partial charge < -0.3 is 0 Å². The maximum absolute atomic E-state index is 10.2. The monoisotopic (exact) mass is 83.0 g/mol. The van der Waals surface area contributed by atoms with Crippen LogP contribution in [0.15, 0.2) is 0 Å². The molecule has 0 saturated heterocycles. The van der Waals surface area contributed by atoms with Crippen molar-refractivity contribution in [2.24, 2.45) is 5.14 Å². The summed E-state index contributed by atoms with van der Waals surface area (Å²) in [6.45, 7) is 0. The molecule has 0 aliphatic carbocycles. The van der Waals surface area contributed by atoms with Gasteiger partial charge in [-0.25, -0.2) is 9.35 Å². The van der Waals surface area contributed by atoms with Crippen LogP contribution in [0.25, 0.3) is 0 Å². The normalized spacial score (nSPS) is 15.5. The quantitative estimate of drug-likeness (QED) is 0.394. The van der Waals surface area contributed by atoms with E-state index in [2.05, 4.69) is 5.14 Å². The van der Waals surface area contributed by atoms with E-state index >= 15 is 0 Å². The molecule has 0 rings (SSSR count). The van der Waals surface area contributed by atoms with Gasteiger partial charge in [0.05, 0.1) is 0 Å². The van der Waals surface area contributed by atoms with E-state index in [-0.39, 0.29) is 0 Å². The minimum atomic E-state index is -2.61. The van der Waals surface area contributed by atoms with Gasteiger partial charge in [-0.05, 0) is 0 Å². The van der Waals surface area contributed by atoms with Crippen LogP contribution in [0.4, 0.5) is 3.89 Å². The Morgan fingerprint density at radius 3 is 2.00 bits per heavy atom. The first-order valence-corrected chi connectivity index (χ1v) is 1.67. The van der Waals surface area contributed by atoms with Crippen LogP contribution in [-0.4, -0.2) is 4.21 Å². The zero-order chi connectivity index (χ0) is 3.58. The highest BCUT2D eigenvalue weighted by atomic mass is 32.2. The number of halogens is 1. The van der Waals surface area contributed by atoms with Crippen LogP contribution < -0.4 is 5.14 Å². The summed E-state index contributed by atoms with van der Waals surface area (Å²) in [6.07, 6.45) is 0. The molecule has 4 heavy (non-hydrogen) atoms. The molecule has 0 aliphatic heterocycles. The summed E-state index contributed by atoms with van der Waals surface area (Å²) < 4.78 is 18.9. The molecule has 1 unspecified atom stereocenters. The molecule has 4 heteroatoms. The summed E-state index contributed by atoms with van der Waals surface area (Å²) >= 11 is -2.61. The Balaban J connectivity index is 2.80. The van der Waals surface area contributed by atoms with Crippen molar-refractivity contribution in [1.29, 1.82) is 0 Å². The van der Waals surface area contributed by atoms with Gasteiger partial charge in [-0.2, -0.15) is 0 Å². The molecule has 0 bridgehead atoms. The van der Waals surface area contributed by atoms with E-state index in [4.69, 9.17) is 4.21 Å². The molecule has 0 saturated carbocycles. The average Bonchev–Trinajstić information content (AvgIpc) is 0.811. The van der Waals surface area contributed by atoms with E-state index in [9.17, 15) is 3.89 Å². The summed E-state index contributed by atoms with van der Waals surface area (Å²) in [7, 11) is 0. The Morgan fingerprint density at radius 2 is 2.00 bits per heavy atom. The number of hydrogen-bond donors (Lipinski definition) is 1. The molecule has 0 radical (unpaired) electrons. The van der Waals surface area contributed by atoms with Crippen molar-refractivity contribution in [2.75, 3.05) is 0 Å². The fourth-order valence-electron chi connectivity index (χ4n) is 0. The van der Waals surface area contributed by atoms with E-state index in [0.29, 0.717) is 0 Å². The molecule has 0 aromatic heterocycles. The van der Waals surface area contributed by atoms with Gasteiger partial charge in [0, 0.05) is 0 Å². The van der Waals surface area contributed by atoms with Gasteiger partial charge in [-0.1, -0.05) is 0 Å². The van der Waals surface area contributed by atoms with Crippen molar-refractivity contribution < 1.29 is 8.09 Å². The lowest BCUT2D eigenvalue weighted by atomic mass is 14.0. The zero-order valence-corrected chi connectivity index (χ0v) is 2.59. The number of hydrogen-bond acceptors (Lipinski definition) is 1. The molecule has 0 heterocycles. The Hall–Kier alpha value is 0.0400. The van der Waals surface area contributed by atoms with Crippen LogP contribution in [-0.2, 0) is 11.4 Å². The van der Waals surface area contributed by atoms with Crippen LogP contribution in [0, 0.1) is 0 Å². The van der Waals surface area contributed by atoms with Crippen LogP contribution in [0.1, 0.15) is 0 Å². The second kappa shape index (κ2) is 1.37. The van der Waals surface area contributed by atoms with Crippen molar-refractivity contribution in [3.05, 3.63) is 0 Å². The molecular weight excluding hydrogens is 81.1 g/mol. The van der Waals surface area contributed by atoms with Gasteiger partial charge in [-0.15, -0.1) is 3.89 Å². The third-order valence-corrected chi connectivity index (χ3v) is 0. The fourth-order valence-corrected chi connectivity index (χ4v) is 0. The van der Waals surface area contributed by atoms with Crippen LogP contribution in [0.5, 0.6) is 0 Å². The maximum Gasteiger partial charge on any atom is 0.271 e. The second-order valence-electron chi connectivity index (χ2n) is 0.248. The van der Waals surface area contributed by atoms with Crippen molar-refractivity contribution >= 4 is 11.4 Å². The SMILES string of the molecule is NS(=O)F. The van der Waals surface area contributed by atoms with Gasteiger partial charge in [0.25, 0.3) is 11.4 Å². The third-order valence-electron chi connectivity index (χ3n) is 0. The third kappa shape index (κ3) is 1380. The molecule has 0 aromatic rings. The molecule has 0 aromatic carbocycles.